The van der Waals surface area contributed by atoms with Gasteiger partial charge in [0.1, 0.15) is 5.82 Å². The van der Waals surface area contributed by atoms with Gasteiger partial charge in [-0.3, -0.25) is 0 Å². The molecule has 16 heavy (non-hydrogen) atoms. The van der Waals surface area contributed by atoms with Crippen LogP contribution in [0.1, 0.15) is 11.4 Å². The number of hydrogen-bond acceptors (Lipinski definition) is 2. The highest BCUT2D eigenvalue weighted by Crippen LogP contribution is 1.98. The Kier molecular flexibility index (Phi) is 5.02. The van der Waals surface area contributed by atoms with E-state index in [0.717, 1.165) is 18.9 Å². The molecule has 86 valence electrons. The highest BCUT2D eigenvalue weighted by atomic mass is 35.5. The zero-order valence-corrected chi connectivity index (χ0v) is 10.1. The average molecular weight is 238 g/mol. The van der Waals surface area contributed by atoms with Crippen LogP contribution >= 0.6 is 12.4 Å². The molecule has 4 heteroatoms. The summed E-state index contributed by atoms with van der Waals surface area (Å²) in [6.07, 6.45) is 3.78. The van der Waals surface area contributed by atoms with Gasteiger partial charge in [-0.1, -0.05) is 30.3 Å². The minimum Gasteiger partial charge on any atom is -0.337 e. The lowest BCUT2D eigenvalue weighted by Gasteiger charge is -2.04. The molecule has 0 amide bonds. The van der Waals surface area contributed by atoms with Gasteiger partial charge in [-0.05, 0) is 5.56 Å². The van der Waals surface area contributed by atoms with Gasteiger partial charge in [-0.2, -0.15) is 0 Å². The van der Waals surface area contributed by atoms with Crippen LogP contribution in [0.3, 0.4) is 0 Å². The monoisotopic (exact) mass is 237 g/mol. The first-order chi connectivity index (χ1) is 7.36. The van der Waals surface area contributed by atoms with Crippen molar-refractivity contribution in [2.75, 3.05) is 0 Å². The van der Waals surface area contributed by atoms with E-state index in [1.54, 1.807) is 0 Å². The number of halogens is 1. The maximum absolute atomic E-state index is 4.25. The Morgan fingerprint density at radius 1 is 1.19 bits per heavy atom. The minimum atomic E-state index is 0. The van der Waals surface area contributed by atoms with E-state index in [9.17, 15) is 0 Å². The molecule has 0 aliphatic rings. The maximum atomic E-state index is 4.25. The molecular formula is C12H16ClN3. The molecule has 0 unspecified atom stereocenters. The first kappa shape index (κ1) is 12.7. The fraction of sp³-hybridized carbons (Fsp3) is 0.250. The zero-order valence-electron chi connectivity index (χ0n) is 9.26. The molecule has 0 aliphatic heterocycles. The maximum Gasteiger partial charge on any atom is 0.122 e. The quantitative estimate of drug-likeness (QED) is 0.883. The Bertz CT molecular complexity index is 411. The second-order valence-corrected chi connectivity index (χ2v) is 3.54. The number of benzene rings is 1. The molecule has 0 radical (unpaired) electrons. The Balaban J connectivity index is 0.00000128. The van der Waals surface area contributed by atoms with E-state index in [4.69, 9.17) is 0 Å². The van der Waals surface area contributed by atoms with E-state index < -0.39 is 0 Å². The molecule has 2 aromatic rings. The van der Waals surface area contributed by atoms with Crippen LogP contribution in [0.5, 0.6) is 0 Å². The summed E-state index contributed by atoms with van der Waals surface area (Å²) in [5, 5.41) is 3.36. The van der Waals surface area contributed by atoms with Gasteiger partial charge in [0.05, 0.1) is 6.54 Å². The minimum absolute atomic E-state index is 0. The summed E-state index contributed by atoms with van der Waals surface area (Å²) < 4.78 is 2.03. The van der Waals surface area contributed by atoms with Crippen molar-refractivity contribution in [3.05, 3.63) is 54.1 Å². The molecular weight excluding hydrogens is 222 g/mol. The lowest BCUT2D eigenvalue weighted by atomic mass is 10.2. The Labute approximate surface area is 102 Å². The average Bonchev–Trinajstić information content (AvgIpc) is 2.66. The largest absolute Gasteiger partial charge is 0.337 e. The van der Waals surface area contributed by atoms with Gasteiger partial charge >= 0.3 is 0 Å². The number of aromatic nitrogens is 2. The van der Waals surface area contributed by atoms with E-state index in [-0.39, 0.29) is 12.4 Å². The molecule has 0 spiro atoms. The molecule has 0 aliphatic carbocycles. The smallest absolute Gasteiger partial charge is 0.122 e. The van der Waals surface area contributed by atoms with Gasteiger partial charge < -0.3 is 9.88 Å². The summed E-state index contributed by atoms with van der Waals surface area (Å²) in [4.78, 5) is 4.25. The van der Waals surface area contributed by atoms with Crippen molar-refractivity contribution >= 4 is 12.4 Å². The fourth-order valence-electron chi connectivity index (χ4n) is 1.48. The number of imidazole rings is 1. The predicted molar refractivity (Wildman–Crippen MR) is 67.4 cm³/mol. The van der Waals surface area contributed by atoms with Crippen molar-refractivity contribution in [2.24, 2.45) is 7.05 Å². The molecule has 1 heterocycles. The topological polar surface area (TPSA) is 29.9 Å². The molecule has 1 aromatic heterocycles. The molecule has 1 aromatic carbocycles. The van der Waals surface area contributed by atoms with Crippen LogP contribution in [-0.2, 0) is 20.1 Å². The third kappa shape index (κ3) is 3.36. The first-order valence-electron chi connectivity index (χ1n) is 5.07. The number of hydrogen-bond donors (Lipinski definition) is 1. The fourth-order valence-corrected chi connectivity index (χ4v) is 1.48. The van der Waals surface area contributed by atoms with Crippen molar-refractivity contribution < 1.29 is 0 Å². The number of nitrogens with zero attached hydrogens (tertiary/aromatic N) is 2. The summed E-state index contributed by atoms with van der Waals surface area (Å²) in [6, 6.07) is 10.4. The van der Waals surface area contributed by atoms with Crippen LogP contribution < -0.4 is 5.32 Å². The predicted octanol–water partition coefficient (Wildman–Crippen LogP) is 2.13. The summed E-state index contributed by atoms with van der Waals surface area (Å²) >= 11 is 0. The van der Waals surface area contributed by atoms with Crippen LogP contribution in [0.4, 0.5) is 0 Å². The van der Waals surface area contributed by atoms with Crippen molar-refractivity contribution in [1.82, 2.24) is 14.9 Å². The molecule has 2 rings (SSSR count). The van der Waals surface area contributed by atoms with Crippen LogP contribution in [-0.4, -0.2) is 9.55 Å². The summed E-state index contributed by atoms with van der Waals surface area (Å²) in [6.45, 7) is 1.69. The van der Waals surface area contributed by atoms with E-state index in [1.165, 1.54) is 5.56 Å². The van der Waals surface area contributed by atoms with Crippen LogP contribution in [0.15, 0.2) is 42.7 Å². The molecule has 0 atom stereocenters. The molecule has 0 fully saturated rings. The SMILES string of the molecule is Cl.Cn1ccnc1CNCc1ccccc1. The van der Waals surface area contributed by atoms with E-state index in [2.05, 4.69) is 34.6 Å². The molecule has 0 saturated carbocycles. The van der Waals surface area contributed by atoms with Crippen LogP contribution in [0.2, 0.25) is 0 Å². The summed E-state index contributed by atoms with van der Waals surface area (Å²) in [5.41, 5.74) is 1.30. The lowest BCUT2D eigenvalue weighted by Crippen LogP contribution is -2.15. The molecule has 0 saturated heterocycles. The molecule has 1 N–H and O–H groups in total. The van der Waals surface area contributed by atoms with E-state index >= 15 is 0 Å². The highest BCUT2D eigenvalue weighted by molar-refractivity contribution is 5.85. The number of aryl methyl sites for hydroxylation is 1. The van der Waals surface area contributed by atoms with Crippen molar-refractivity contribution in [2.45, 2.75) is 13.1 Å². The highest BCUT2D eigenvalue weighted by Gasteiger charge is 1.97. The molecule has 3 nitrogen and oxygen atoms in total. The van der Waals surface area contributed by atoms with Gasteiger partial charge in [0.15, 0.2) is 0 Å². The van der Waals surface area contributed by atoms with Gasteiger partial charge in [0.25, 0.3) is 0 Å². The van der Waals surface area contributed by atoms with E-state index in [1.807, 2.05) is 30.1 Å². The van der Waals surface area contributed by atoms with Crippen molar-refractivity contribution in [3.63, 3.8) is 0 Å². The zero-order chi connectivity index (χ0) is 10.5. The van der Waals surface area contributed by atoms with Crippen LogP contribution in [0, 0.1) is 0 Å². The van der Waals surface area contributed by atoms with E-state index in [0.29, 0.717) is 0 Å². The van der Waals surface area contributed by atoms with Gasteiger partial charge in [-0.25, -0.2) is 4.98 Å². The first-order valence-corrected chi connectivity index (χ1v) is 5.07. The molecule has 0 bridgehead atoms. The van der Waals surface area contributed by atoms with Gasteiger partial charge in [-0.15, -0.1) is 12.4 Å². The number of rotatable bonds is 4. The van der Waals surface area contributed by atoms with Crippen molar-refractivity contribution in [3.8, 4) is 0 Å². The number of nitrogens with one attached hydrogen (secondary N) is 1. The van der Waals surface area contributed by atoms with Crippen LogP contribution in [0.25, 0.3) is 0 Å². The Morgan fingerprint density at radius 2 is 1.94 bits per heavy atom. The standard InChI is InChI=1S/C12H15N3.ClH/c1-15-8-7-14-12(15)10-13-9-11-5-3-2-4-6-11;/h2-8,13H,9-10H2,1H3;1H. The summed E-state index contributed by atoms with van der Waals surface area (Å²) in [7, 11) is 2.01. The van der Waals surface area contributed by atoms with Gasteiger partial charge in [0.2, 0.25) is 0 Å². The second kappa shape index (κ2) is 6.30. The normalized spacial score (nSPS) is 9.81. The van der Waals surface area contributed by atoms with Gasteiger partial charge in [0, 0.05) is 26.0 Å². The summed E-state index contributed by atoms with van der Waals surface area (Å²) in [5.74, 6) is 1.06. The second-order valence-electron chi connectivity index (χ2n) is 3.54. The Morgan fingerprint density at radius 3 is 2.56 bits per heavy atom. The Hall–Kier alpha value is -1.32. The lowest BCUT2D eigenvalue weighted by molar-refractivity contribution is 0.639. The van der Waals surface area contributed by atoms with Crippen molar-refractivity contribution in [1.29, 1.82) is 0 Å². The third-order valence-electron chi connectivity index (χ3n) is 2.38. The third-order valence-corrected chi connectivity index (χ3v) is 2.38.